The molecule has 0 aliphatic heterocycles. The van der Waals surface area contributed by atoms with Crippen molar-refractivity contribution in [2.24, 2.45) is 0 Å². The molecule has 28 heavy (non-hydrogen) atoms. The first-order valence-electron chi connectivity index (χ1n) is 9.18. The molecule has 0 spiro atoms. The van der Waals surface area contributed by atoms with Crippen LogP contribution in [0.15, 0.2) is 66.7 Å². The van der Waals surface area contributed by atoms with Crippen LogP contribution in [0.5, 0.6) is 5.75 Å². The third kappa shape index (κ3) is 3.98. The van der Waals surface area contributed by atoms with Crippen LogP contribution in [-0.2, 0) is 11.2 Å². The van der Waals surface area contributed by atoms with Crippen molar-refractivity contribution >= 4 is 11.7 Å². The molecule has 4 nitrogen and oxygen atoms in total. The predicted octanol–water partition coefficient (Wildman–Crippen LogP) is 5.06. The van der Waals surface area contributed by atoms with Gasteiger partial charge in [-0.25, -0.2) is 9.18 Å². The summed E-state index contributed by atoms with van der Waals surface area (Å²) in [6.45, 7) is -0.368. The number of aryl methyl sites for hydroxylation is 1. The van der Waals surface area contributed by atoms with E-state index in [2.05, 4.69) is 17.4 Å². The van der Waals surface area contributed by atoms with Gasteiger partial charge in [0.25, 0.3) is 0 Å². The summed E-state index contributed by atoms with van der Waals surface area (Å²) < 4.78 is 18.8. The number of fused-ring (bicyclic) bond motifs is 1. The highest BCUT2D eigenvalue weighted by Crippen LogP contribution is 2.37. The standard InChI is InChI=1S/C23H20FNO3/c24-18-4-1-3-16(11-18)17-8-7-15-9-10-22(21(15)12-17)25-19-5-2-6-20(13-19)28-14-23(26)27/h1-8,11-13,22,25H,9-10,14H2,(H,26,27)/t22-/m1/s1. The molecule has 5 heteroatoms. The van der Waals surface area contributed by atoms with Gasteiger partial charge in [-0.2, -0.15) is 0 Å². The Morgan fingerprint density at radius 1 is 1.07 bits per heavy atom. The van der Waals surface area contributed by atoms with Crippen LogP contribution in [0.4, 0.5) is 10.1 Å². The molecule has 4 rings (SSSR count). The number of anilines is 1. The molecule has 1 atom stereocenters. The maximum atomic E-state index is 13.6. The smallest absolute Gasteiger partial charge is 0.341 e. The van der Waals surface area contributed by atoms with Crippen LogP contribution in [0.3, 0.4) is 0 Å². The van der Waals surface area contributed by atoms with Gasteiger partial charge in [-0.3, -0.25) is 0 Å². The topological polar surface area (TPSA) is 58.6 Å². The van der Waals surface area contributed by atoms with E-state index in [0.717, 1.165) is 29.7 Å². The molecule has 0 saturated heterocycles. The fourth-order valence-corrected chi connectivity index (χ4v) is 3.62. The number of hydrogen-bond acceptors (Lipinski definition) is 3. The molecule has 1 aliphatic rings. The van der Waals surface area contributed by atoms with Gasteiger partial charge < -0.3 is 15.2 Å². The summed E-state index contributed by atoms with van der Waals surface area (Å²) in [7, 11) is 0. The zero-order valence-corrected chi connectivity index (χ0v) is 15.2. The Bertz CT molecular complexity index is 1020. The fourth-order valence-electron chi connectivity index (χ4n) is 3.62. The summed E-state index contributed by atoms with van der Waals surface area (Å²) in [5.74, 6) is -0.738. The number of rotatable bonds is 6. The Hall–Kier alpha value is -3.34. The van der Waals surface area contributed by atoms with Crippen molar-refractivity contribution in [3.63, 3.8) is 0 Å². The average Bonchev–Trinajstić information content (AvgIpc) is 3.09. The number of halogens is 1. The van der Waals surface area contributed by atoms with Crippen molar-refractivity contribution in [2.75, 3.05) is 11.9 Å². The molecule has 2 N–H and O–H groups in total. The van der Waals surface area contributed by atoms with Gasteiger partial charge in [-0.15, -0.1) is 0 Å². The second-order valence-electron chi connectivity index (χ2n) is 6.87. The summed E-state index contributed by atoms with van der Waals surface area (Å²) in [6, 6.07) is 20.3. The molecular formula is C23H20FNO3. The van der Waals surface area contributed by atoms with E-state index in [9.17, 15) is 9.18 Å². The molecule has 0 bridgehead atoms. The minimum Gasteiger partial charge on any atom is -0.482 e. The maximum absolute atomic E-state index is 13.6. The number of benzene rings is 3. The first kappa shape index (κ1) is 18.0. The van der Waals surface area contributed by atoms with Crippen LogP contribution in [0.25, 0.3) is 11.1 Å². The van der Waals surface area contributed by atoms with Crippen molar-refractivity contribution in [3.05, 3.63) is 83.7 Å². The minimum atomic E-state index is -1.01. The average molecular weight is 377 g/mol. The molecule has 1 aliphatic carbocycles. The van der Waals surface area contributed by atoms with Crippen molar-refractivity contribution in [3.8, 4) is 16.9 Å². The summed E-state index contributed by atoms with van der Waals surface area (Å²) >= 11 is 0. The molecule has 0 amide bonds. The molecule has 0 aromatic heterocycles. The van der Waals surface area contributed by atoms with Crippen LogP contribution in [-0.4, -0.2) is 17.7 Å². The summed E-state index contributed by atoms with van der Waals surface area (Å²) in [6.07, 6.45) is 1.94. The molecule has 0 radical (unpaired) electrons. The van der Waals surface area contributed by atoms with Crippen LogP contribution >= 0.6 is 0 Å². The Labute approximate surface area is 162 Å². The normalized spacial score (nSPS) is 15.1. The highest BCUT2D eigenvalue weighted by molar-refractivity contribution is 5.68. The zero-order chi connectivity index (χ0) is 19.5. The monoisotopic (exact) mass is 377 g/mol. The van der Waals surface area contributed by atoms with Gasteiger partial charge in [0, 0.05) is 11.8 Å². The molecule has 0 fully saturated rings. The van der Waals surface area contributed by atoms with Crippen molar-refractivity contribution < 1.29 is 19.0 Å². The minimum absolute atomic E-state index is 0.137. The molecule has 3 aromatic carbocycles. The van der Waals surface area contributed by atoms with Crippen molar-refractivity contribution in [2.45, 2.75) is 18.9 Å². The number of carbonyl (C=O) groups is 1. The maximum Gasteiger partial charge on any atom is 0.341 e. The lowest BCUT2D eigenvalue weighted by atomic mass is 9.99. The predicted molar refractivity (Wildman–Crippen MR) is 106 cm³/mol. The Morgan fingerprint density at radius 2 is 1.89 bits per heavy atom. The van der Waals surface area contributed by atoms with E-state index in [-0.39, 0.29) is 18.5 Å². The van der Waals surface area contributed by atoms with Gasteiger partial charge in [-0.1, -0.05) is 30.3 Å². The van der Waals surface area contributed by atoms with Crippen molar-refractivity contribution in [1.82, 2.24) is 0 Å². The van der Waals surface area contributed by atoms with E-state index >= 15 is 0 Å². The van der Waals surface area contributed by atoms with Gasteiger partial charge in [0.2, 0.25) is 0 Å². The summed E-state index contributed by atoms with van der Waals surface area (Å²) in [4.78, 5) is 10.7. The zero-order valence-electron chi connectivity index (χ0n) is 15.2. The molecule has 0 heterocycles. The number of carboxylic acid groups (broad SMARTS) is 1. The van der Waals surface area contributed by atoms with E-state index in [4.69, 9.17) is 9.84 Å². The lowest BCUT2D eigenvalue weighted by Gasteiger charge is -2.17. The number of nitrogens with one attached hydrogen (secondary N) is 1. The van der Waals surface area contributed by atoms with E-state index in [1.165, 1.54) is 17.2 Å². The lowest BCUT2D eigenvalue weighted by Crippen LogP contribution is -2.10. The molecular weight excluding hydrogens is 357 g/mol. The second kappa shape index (κ2) is 7.72. The highest BCUT2D eigenvalue weighted by atomic mass is 19.1. The third-order valence-electron chi connectivity index (χ3n) is 4.92. The highest BCUT2D eigenvalue weighted by Gasteiger charge is 2.23. The van der Waals surface area contributed by atoms with Gasteiger partial charge in [0.1, 0.15) is 11.6 Å². The van der Waals surface area contributed by atoms with Crippen LogP contribution < -0.4 is 10.1 Å². The van der Waals surface area contributed by atoms with Gasteiger partial charge in [0.15, 0.2) is 6.61 Å². The second-order valence-corrected chi connectivity index (χ2v) is 6.87. The largest absolute Gasteiger partial charge is 0.482 e. The lowest BCUT2D eigenvalue weighted by molar-refractivity contribution is -0.139. The van der Waals surface area contributed by atoms with E-state index < -0.39 is 5.97 Å². The third-order valence-corrected chi connectivity index (χ3v) is 4.92. The Morgan fingerprint density at radius 3 is 2.71 bits per heavy atom. The summed E-state index contributed by atoms with van der Waals surface area (Å²) in [5.41, 5.74) is 5.22. The molecule has 0 unspecified atom stereocenters. The van der Waals surface area contributed by atoms with E-state index in [1.807, 2.05) is 24.3 Å². The number of ether oxygens (including phenoxy) is 1. The van der Waals surface area contributed by atoms with Crippen LogP contribution in [0.2, 0.25) is 0 Å². The quantitative estimate of drug-likeness (QED) is 0.631. The SMILES string of the molecule is O=C(O)COc1cccc(N[C@@H]2CCc3ccc(-c4cccc(F)c4)cc32)c1. The van der Waals surface area contributed by atoms with E-state index in [0.29, 0.717) is 5.75 Å². The van der Waals surface area contributed by atoms with Gasteiger partial charge in [-0.05, 0) is 65.4 Å². The molecule has 3 aromatic rings. The van der Waals surface area contributed by atoms with Gasteiger partial charge >= 0.3 is 5.97 Å². The number of carboxylic acids is 1. The Balaban J connectivity index is 1.55. The van der Waals surface area contributed by atoms with E-state index in [1.54, 1.807) is 24.3 Å². The van der Waals surface area contributed by atoms with Crippen LogP contribution in [0.1, 0.15) is 23.6 Å². The van der Waals surface area contributed by atoms with Crippen LogP contribution in [0, 0.1) is 5.82 Å². The fraction of sp³-hybridized carbons (Fsp3) is 0.174. The Kier molecular flexibility index (Phi) is 4.98. The number of hydrogen-bond donors (Lipinski definition) is 2. The molecule has 142 valence electrons. The first-order valence-corrected chi connectivity index (χ1v) is 9.18. The van der Waals surface area contributed by atoms with Gasteiger partial charge in [0.05, 0.1) is 6.04 Å². The summed E-state index contributed by atoms with van der Waals surface area (Å²) in [5, 5.41) is 12.3. The molecule has 0 saturated carbocycles. The number of aliphatic carboxylic acids is 1. The first-order chi connectivity index (χ1) is 13.6. The van der Waals surface area contributed by atoms with Crippen molar-refractivity contribution in [1.29, 1.82) is 0 Å².